The van der Waals surface area contributed by atoms with Crippen molar-refractivity contribution in [3.8, 4) is 22.9 Å². The highest BCUT2D eigenvalue weighted by molar-refractivity contribution is 5.81. The summed E-state index contributed by atoms with van der Waals surface area (Å²) in [6.45, 7) is 0. The Balaban J connectivity index is 1.15. The van der Waals surface area contributed by atoms with Crippen LogP contribution in [0.4, 0.5) is 17.1 Å². The van der Waals surface area contributed by atoms with Crippen molar-refractivity contribution in [1.82, 2.24) is 9.97 Å². The van der Waals surface area contributed by atoms with E-state index < -0.39 is 0 Å². The lowest BCUT2D eigenvalue weighted by Crippen LogP contribution is -2.10. The fraction of sp³-hybridized carbons (Fsp3) is 0.158. The minimum Gasteiger partial charge on any atom is -0.436 e. The van der Waals surface area contributed by atoms with Crippen molar-refractivity contribution in [2.75, 3.05) is 4.90 Å². The third-order valence-electron chi connectivity index (χ3n) is 8.56. The van der Waals surface area contributed by atoms with Gasteiger partial charge in [-0.3, -0.25) is 0 Å². The Morgan fingerprint density at radius 2 is 0.930 bits per heavy atom. The Labute approximate surface area is 250 Å². The molecule has 2 aromatic heterocycles. The lowest BCUT2D eigenvalue weighted by atomic mass is 9.84. The molecule has 0 bridgehead atoms. The van der Waals surface area contributed by atoms with Gasteiger partial charge in [-0.15, -0.1) is 0 Å². The van der Waals surface area contributed by atoms with Crippen molar-refractivity contribution in [1.29, 1.82) is 0 Å². The van der Waals surface area contributed by atoms with Crippen molar-refractivity contribution in [2.24, 2.45) is 0 Å². The van der Waals surface area contributed by atoms with Crippen molar-refractivity contribution >= 4 is 39.3 Å². The third-order valence-corrected chi connectivity index (χ3v) is 8.56. The van der Waals surface area contributed by atoms with Crippen LogP contribution in [0.15, 0.2) is 130 Å². The highest BCUT2D eigenvalue weighted by atomic mass is 16.4. The molecule has 8 rings (SSSR count). The molecule has 0 radical (unpaired) electrons. The van der Waals surface area contributed by atoms with E-state index in [0.717, 1.165) is 50.4 Å². The second-order valence-electron chi connectivity index (χ2n) is 11.3. The molecule has 1 aliphatic carbocycles. The fourth-order valence-electron chi connectivity index (χ4n) is 6.28. The van der Waals surface area contributed by atoms with E-state index in [0.29, 0.717) is 17.7 Å². The van der Waals surface area contributed by atoms with Gasteiger partial charge in [0.25, 0.3) is 0 Å². The van der Waals surface area contributed by atoms with E-state index in [-0.39, 0.29) is 0 Å². The molecule has 0 atom stereocenters. The average Bonchev–Trinajstić information content (AvgIpc) is 3.71. The van der Waals surface area contributed by atoms with E-state index in [1.165, 1.54) is 37.7 Å². The zero-order chi connectivity index (χ0) is 28.6. The number of anilines is 3. The zero-order valence-corrected chi connectivity index (χ0v) is 23.8. The number of oxazole rings is 2. The summed E-state index contributed by atoms with van der Waals surface area (Å²) in [5.74, 6) is 1.92. The highest BCUT2D eigenvalue weighted by Crippen LogP contribution is 2.39. The number of fused-ring (bicyclic) bond motifs is 2. The van der Waals surface area contributed by atoms with Crippen LogP contribution in [0.5, 0.6) is 0 Å². The summed E-state index contributed by atoms with van der Waals surface area (Å²) < 4.78 is 12.1. The summed E-state index contributed by atoms with van der Waals surface area (Å²) in [4.78, 5) is 11.7. The quantitative estimate of drug-likeness (QED) is 0.202. The number of nitrogens with zero attached hydrogens (tertiary/aromatic N) is 3. The van der Waals surface area contributed by atoms with Gasteiger partial charge in [-0.25, -0.2) is 9.97 Å². The Bertz CT molecular complexity index is 1810. The van der Waals surface area contributed by atoms with Crippen molar-refractivity contribution in [2.45, 2.75) is 38.0 Å². The van der Waals surface area contributed by atoms with Gasteiger partial charge >= 0.3 is 0 Å². The monoisotopic (exact) mass is 561 g/mol. The normalized spacial score (nSPS) is 14.0. The molecule has 0 unspecified atom stereocenters. The lowest BCUT2D eigenvalue weighted by molar-refractivity contribution is 0.443. The summed E-state index contributed by atoms with van der Waals surface area (Å²) >= 11 is 0. The Hall–Kier alpha value is -5.16. The number of benzene rings is 5. The molecule has 0 spiro atoms. The van der Waals surface area contributed by atoms with Gasteiger partial charge in [-0.1, -0.05) is 55.7 Å². The van der Waals surface area contributed by atoms with Crippen LogP contribution in [0.3, 0.4) is 0 Å². The molecule has 1 fully saturated rings. The van der Waals surface area contributed by atoms with Crippen LogP contribution >= 0.6 is 0 Å². The van der Waals surface area contributed by atoms with Crippen LogP contribution in [-0.2, 0) is 0 Å². The first-order chi connectivity index (χ1) is 21.3. The van der Waals surface area contributed by atoms with Gasteiger partial charge in [0.05, 0.1) is 0 Å². The Morgan fingerprint density at radius 3 is 1.40 bits per heavy atom. The largest absolute Gasteiger partial charge is 0.436 e. The Morgan fingerprint density at radius 1 is 0.488 bits per heavy atom. The number of aromatic nitrogens is 2. The van der Waals surface area contributed by atoms with Crippen LogP contribution in [0.1, 0.15) is 43.6 Å². The van der Waals surface area contributed by atoms with Crippen molar-refractivity contribution in [3.63, 3.8) is 0 Å². The van der Waals surface area contributed by atoms with E-state index in [9.17, 15) is 0 Å². The molecule has 210 valence electrons. The van der Waals surface area contributed by atoms with Crippen molar-refractivity contribution in [3.05, 3.63) is 127 Å². The first kappa shape index (κ1) is 25.5. The summed E-state index contributed by atoms with van der Waals surface area (Å²) in [5, 5.41) is 0. The lowest BCUT2D eigenvalue weighted by Gasteiger charge is -2.27. The maximum absolute atomic E-state index is 6.03. The molecule has 1 aliphatic rings. The molecule has 2 heterocycles. The van der Waals surface area contributed by atoms with Crippen LogP contribution in [0.25, 0.3) is 45.1 Å². The topological polar surface area (TPSA) is 55.3 Å². The molecule has 1 saturated carbocycles. The highest BCUT2D eigenvalue weighted by Gasteiger charge is 2.18. The van der Waals surface area contributed by atoms with Crippen LogP contribution in [-0.4, -0.2) is 9.97 Å². The van der Waals surface area contributed by atoms with Crippen LogP contribution in [0.2, 0.25) is 0 Å². The SMILES string of the molecule is c1ccc2oc(-c3ccc(N(c4ccc(-c5nc6ccccc6o5)cc4)c4ccc(C5CCCCC5)cc4)cc3)nc2c1. The summed E-state index contributed by atoms with van der Waals surface area (Å²) in [6.07, 6.45) is 6.60. The minimum atomic E-state index is 0.624. The first-order valence-electron chi connectivity index (χ1n) is 15.1. The van der Waals surface area contributed by atoms with Gasteiger partial charge in [-0.2, -0.15) is 0 Å². The molecule has 0 amide bonds. The minimum absolute atomic E-state index is 0.624. The van der Waals surface area contributed by atoms with E-state index in [2.05, 4.69) is 87.7 Å². The second kappa shape index (κ2) is 10.9. The maximum atomic E-state index is 6.03. The van der Waals surface area contributed by atoms with Gasteiger partial charge in [0, 0.05) is 28.2 Å². The zero-order valence-electron chi connectivity index (χ0n) is 23.8. The molecule has 0 saturated heterocycles. The molecular formula is C38H31N3O2. The molecule has 7 aromatic rings. The number of hydrogen-bond donors (Lipinski definition) is 0. The first-order valence-corrected chi connectivity index (χ1v) is 15.1. The molecule has 5 heteroatoms. The van der Waals surface area contributed by atoms with E-state index >= 15 is 0 Å². The van der Waals surface area contributed by atoms with Gasteiger partial charge in [0.1, 0.15) is 11.0 Å². The number of para-hydroxylation sites is 4. The smallest absolute Gasteiger partial charge is 0.227 e. The molecule has 5 aromatic carbocycles. The molecule has 43 heavy (non-hydrogen) atoms. The molecular weight excluding hydrogens is 530 g/mol. The number of rotatable bonds is 6. The van der Waals surface area contributed by atoms with E-state index in [4.69, 9.17) is 8.83 Å². The second-order valence-corrected chi connectivity index (χ2v) is 11.3. The van der Waals surface area contributed by atoms with Gasteiger partial charge in [0.15, 0.2) is 11.2 Å². The predicted octanol–water partition coefficient (Wildman–Crippen LogP) is 10.8. The number of hydrogen-bond acceptors (Lipinski definition) is 5. The van der Waals surface area contributed by atoms with E-state index in [1.54, 1.807) is 0 Å². The molecule has 0 aliphatic heterocycles. The molecule has 0 N–H and O–H groups in total. The fourth-order valence-corrected chi connectivity index (χ4v) is 6.28. The standard InChI is InChI=1S/C38H31N3O2/c1-2-8-26(9-3-1)27-14-20-30(21-15-27)41(31-22-16-28(17-23-31)37-39-33-10-4-6-12-35(33)42-37)32-24-18-29(19-25-32)38-40-34-11-5-7-13-36(34)43-38/h4-7,10-26H,1-3,8-9H2. The van der Waals surface area contributed by atoms with Crippen LogP contribution < -0.4 is 4.90 Å². The summed E-state index contributed by atoms with van der Waals surface area (Å²) in [6, 6.07) is 41.7. The third kappa shape index (κ3) is 4.97. The van der Waals surface area contributed by atoms with Gasteiger partial charge < -0.3 is 13.7 Å². The van der Waals surface area contributed by atoms with Crippen molar-refractivity contribution < 1.29 is 8.83 Å². The van der Waals surface area contributed by atoms with Crippen LogP contribution in [0, 0.1) is 0 Å². The average molecular weight is 562 g/mol. The molecule has 5 nitrogen and oxygen atoms in total. The predicted molar refractivity (Wildman–Crippen MR) is 173 cm³/mol. The maximum Gasteiger partial charge on any atom is 0.227 e. The van der Waals surface area contributed by atoms with E-state index in [1.807, 2.05) is 48.5 Å². The summed E-state index contributed by atoms with van der Waals surface area (Å²) in [7, 11) is 0. The summed E-state index contributed by atoms with van der Waals surface area (Å²) in [5.41, 5.74) is 9.86. The van der Waals surface area contributed by atoms with Gasteiger partial charge in [0.2, 0.25) is 11.8 Å². The van der Waals surface area contributed by atoms with Gasteiger partial charge in [-0.05, 0) is 109 Å². The Kier molecular flexibility index (Phi) is 6.48.